The van der Waals surface area contributed by atoms with Gasteiger partial charge in [0.15, 0.2) is 6.61 Å². The number of benzene rings is 2. The van der Waals surface area contributed by atoms with Gasteiger partial charge in [-0.25, -0.2) is 4.39 Å². The Morgan fingerprint density at radius 2 is 2.14 bits per heavy atom. The van der Waals surface area contributed by atoms with Gasteiger partial charge in [-0.1, -0.05) is 15.9 Å². The molecule has 0 spiro atoms. The van der Waals surface area contributed by atoms with Crippen LogP contribution >= 0.6 is 15.9 Å². The number of anilines is 1. The Bertz CT molecular complexity index is 1070. The van der Waals surface area contributed by atoms with Crippen molar-refractivity contribution in [1.29, 1.82) is 0 Å². The minimum Gasteiger partial charge on any atom is -0.482 e. The van der Waals surface area contributed by atoms with Crippen molar-refractivity contribution >= 4 is 44.3 Å². The Morgan fingerprint density at radius 1 is 1.29 bits per heavy atom. The molecule has 0 bridgehead atoms. The van der Waals surface area contributed by atoms with Crippen LogP contribution in [0.3, 0.4) is 0 Å². The summed E-state index contributed by atoms with van der Waals surface area (Å²) in [6.45, 7) is 0.243. The summed E-state index contributed by atoms with van der Waals surface area (Å²) in [7, 11) is 0. The number of carbonyl (C=O) groups is 2. The van der Waals surface area contributed by atoms with Gasteiger partial charge in [0.1, 0.15) is 18.1 Å². The van der Waals surface area contributed by atoms with Crippen LogP contribution in [0.4, 0.5) is 10.1 Å². The molecule has 2 amide bonds. The van der Waals surface area contributed by atoms with Gasteiger partial charge < -0.3 is 15.0 Å². The maximum atomic E-state index is 13.3. The second kappa shape index (κ2) is 7.63. The fraction of sp³-hybridized carbons (Fsp3) is 0.200. The standard InChI is InChI=1S/C20H17BrFN3O3/c21-13-1-4-17-18(7-13)28-11-20(27)25(17)10-19(26)23-6-5-12-9-24-16-8-14(22)2-3-15(12)16/h1-4,7-9,24H,5-6,10-11H2,(H,23,26). The number of hydrogen-bond acceptors (Lipinski definition) is 3. The number of ether oxygens (including phenoxy) is 1. The third kappa shape index (κ3) is 3.73. The molecule has 3 aromatic rings. The molecule has 4 rings (SSSR count). The van der Waals surface area contributed by atoms with Gasteiger partial charge in [0.25, 0.3) is 5.91 Å². The van der Waals surface area contributed by atoms with Crippen LogP contribution in [0, 0.1) is 5.82 Å². The van der Waals surface area contributed by atoms with Crippen LogP contribution in [-0.4, -0.2) is 36.5 Å². The van der Waals surface area contributed by atoms with Crippen molar-refractivity contribution in [2.75, 3.05) is 24.6 Å². The first-order valence-electron chi connectivity index (χ1n) is 8.76. The van der Waals surface area contributed by atoms with E-state index in [1.807, 2.05) is 6.20 Å². The molecule has 1 aliphatic rings. The van der Waals surface area contributed by atoms with Crippen LogP contribution in [0.1, 0.15) is 5.56 Å². The second-order valence-electron chi connectivity index (χ2n) is 6.48. The summed E-state index contributed by atoms with van der Waals surface area (Å²) in [5.41, 5.74) is 2.30. The lowest BCUT2D eigenvalue weighted by Gasteiger charge is -2.29. The van der Waals surface area contributed by atoms with Gasteiger partial charge in [0.05, 0.1) is 5.69 Å². The number of halogens is 2. The Labute approximate surface area is 168 Å². The molecule has 6 nitrogen and oxygen atoms in total. The quantitative estimate of drug-likeness (QED) is 0.633. The average molecular weight is 446 g/mol. The third-order valence-electron chi connectivity index (χ3n) is 4.61. The molecule has 2 aromatic carbocycles. The zero-order valence-corrected chi connectivity index (χ0v) is 16.4. The van der Waals surface area contributed by atoms with Crippen molar-refractivity contribution in [3.8, 4) is 5.75 Å². The molecule has 2 heterocycles. The van der Waals surface area contributed by atoms with Crippen LogP contribution in [0.2, 0.25) is 0 Å². The number of carbonyl (C=O) groups excluding carboxylic acids is 2. The molecule has 0 saturated heterocycles. The van der Waals surface area contributed by atoms with E-state index in [0.717, 1.165) is 20.9 Å². The number of hydrogen-bond donors (Lipinski definition) is 2. The van der Waals surface area contributed by atoms with E-state index >= 15 is 0 Å². The number of aromatic nitrogens is 1. The monoisotopic (exact) mass is 445 g/mol. The highest BCUT2D eigenvalue weighted by Gasteiger charge is 2.27. The Balaban J connectivity index is 1.38. The van der Waals surface area contributed by atoms with E-state index in [0.29, 0.717) is 24.4 Å². The van der Waals surface area contributed by atoms with Gasteiger partial charge in [-0.15, -0.1) is 0 Å². The Morgan fingerprint density at radius 3 is 3.00 bits per heavy atom. The van der Waals surface area contributed by atoms with Crippen molar-refractivity contribution in [2.24, 2.45) is 0 Å². The molecule has 0 fully saturated rings. The van der Waals surface area contributed by atoms with Crippen LogP contribution in [0.25, 0.3) is 10.9 Å². The van der Waals surface area contributed by atoms with Crippen LogP contribution in [-0.2, 0) is 16.0 Å². The maximum Gasteiger partial charge on any atom is 0.265 e. The number of aromatic amines is 1. The lowest BCUT2D eigenvalue weighted by Crippen LogP contribution is -2.45. The molecular formula is C20H17BrFN3O3. The van der Waals surface area contributed by atoms with E-state index in [1.165, 1.54) is 17.0 Å². The normalized spacial score (nSPS) is 13.4. The molecule has 8 heteroatoms. The van der Waals surface area contributed by atoms with E-state index in [2.05, 4.69) is 26.2 Å². The highest BCUT2D eigenvalue weighted by Crippen LogP contribution is 2.34. The van der Waals surface area contributed by atoms with Gasteiger partial charge in [-0.2, -0.15) is 0 Å². The number of nitrogens with zero attached hydrogens (tertiary/aromatic N) is 1. The molecule has 144 valence electrons. The molecule has 0 aliphatic carbocycles. The predicted octanol–water partition coefficient (Wildman–Crippen LogP) is 3.15. The minimum absolute atomic E-state index is 0.0735. The fourth-order valence-corrected chi connectivity index (χ4v) is 3.59. The summed E-state index contributed by atoms with van der Waals surface area (Å²) in [6.07, 6.45) is 2.41. The van der Waals surface area contributed by atoms with Crippen LogP contribution < -0.4 is 15.0 Å². The Hall–Kier alpha value is -2.87. The number of H-pyrrole nitrogens is 1. The predicted molar refractivity (Wildman–Crippen MR) is 107 cm³/mol. The first kappa shape index (κ1) is 18.5. The molecule has 0 saturated carbocycles. The van der Waals surface area contributed by atoms with Crippen LogP contribution in [0.15, 0.2) is 47.1 Å². The summed E-state index contributed by atoms with van der Waals surface area (Å²) >= 11 is 3.36. The van der Waals surface area contributed by atoms with Crippen molar-refractivity contribution in [3.63, 3.8) is 0 Å². The molecule has 1 aliphatic heterocycles. The average Bonchev–Trinajstić information content (AvgIpc) is 3.06. The first-order chi connectivity index (χ1) is 13.5. The van der Waals surface area contributed by atoms with Crippen molar-refractivity contribution < 1.29 is 18.7 Å². The first-order valence-corrected chi connectivity index (χ1v) is 9.55. The van der Waals surface area contributed by atoms with E-state index in [9.17, 15) is 14.0 Å². The summed E-state index contributed by atoms with van der Waals surface area (Å²) < 4.78 is 19.5. The highest BCUT2D eigenvalue weighted by molar-refractivity contribution is 9.10. The third-order valence-corrected chi connectivity index (χ3v) is 5.11. The second-order valence-corrected chi connectivity index (χ2v) is 7.40. The smallest absolute Gasteiger partial charge is 0.265 e. The minimum atomic E-state index is -0.295. The molecule has 0 atom stereocenters. The number of fused-ring (bicyclic) bond motifs is 2. The zero-order valence-electron chi connectivity index (χ0n) is 14.8. The number of rotatable bonds is 5. The molecule has 0 radical (unpaired) electrons. The van der Waals surface area contributed by atoms with Crippen molar-refractivity contribution in [1.82, 2.24) is 10.3 Å². The van der Waals surface area contributed by atoms with E-state index in [4.69, 9.17) is 4.74 Å². The van der Waals surface area contributed by atoms with Crippen molar-refractivity contribution in [3.05, 3.63) is 58.4 Å². The molecule has 0 unspecified atom stereocenters. The van der Waals surface area contributed by atoms with E-state index in [-0.39, 0.29) is 30.8 Å². The number of nitrogens with one attached hydrogen (secondary N) is 2. The summed E-state index contributed by atoms with van der Waals surface area (Å²) in [6, 6.07) is 9.89. The summed E-state index contributed by atoms with van der Waals surface area (Å²) in [5.74, 6) is -0.247. The largest absolute Gasteiger partial charge is 0.482 e. The zero-order chi connectivity index (χ0) is 19.7. The highest BCUT2D eigenvalue weighted by atomic mass is 79.9. The number of amides is 2. The van der Waals surface area contributed by atoms with Gasteiger partial charge >= 0.3 is 0 Å². The summed E-state index contributed by atoms with van der Waals surface area (Å²) in [4.78, 5) is 29.0. The SMILES string of the molecule is O=C(CN1C(=O)COc2cc(Br)ccc21)NCCc1c[nH]c2cc(F)ccc12. The maximum absolute atomic E-state index is 13.3. The topological polar surface area (TPSA) is 74.4 Å². The molecular weight excluding hydrogens is 429 g/mol. The summed E-state index contributed by atoms with van der Waals surface area (Å²) in [5, 5.41) is 3.77. The lowest BCUT2D eigenvalue weighted by atomic mass is 10.1. The molecule has 28 heavy (non-hydrogen) atoms. The van der Waals surface area contributed by atoms with Gasteiger partial charge in [-0.3, -0.25) is 14.5 Å². The van der Waals surface area contributed by atoms with Gasteiger partial charge in [0.2, 0.25) is 5.91 Å². The van der Waals surface area contributed by atoms with Crippen LogP contribution in [0.5, 0.6) is 5.75 Å². The van der Waals surface area contributed by atoms with E-state index < -0.39 is 0 Å². The van der Waals surface area contributed by atoms with Crippen molar-refractivity contribution in [2.45, 2.75) is 6.42 Å². The Kier molecular flexibility index (Phi) is 5.04. The molecule has 1 aromatic heterocycles. The van der Waals surface area contributed by atoms with Gasteiger partial charge in [0, 0.05) is 28.1 Å². The molecule has 2 N–H and O–H groups in total. The van der Waals surface area contributed by atoms with E-state index in [1.54, 1.807) is 24.3 Å². The lowest BCUT2D eigenvalue weighted by molar-refractivity contribution is -0.125. The fourth-order valence-electron chi connectivity index (χ4n) is 3.25. The van der Waals surface area contributed by atoms with Gasteiger partial charge in [-0.05, 0) is 48.4 Å².